The Kier molecular flexibility index (Phi) is 7.11. The van der Waals surface area contributed by atoms with Gasteiger partial charge in [-0.25, -0.2) is 9.97 Å². The Hall–Kier alpha value is -3.51. The van der Waals surface area contributed by atoms with Crippen LogP contribution in [-0.4, -0.2) is 63.4 Å². The van der Waals surface area contributed by atoms with Gasteiger partial charge in [0.2, 0.25) is 5.95 Å². The number of benzene rings is 1. The van der Waals surface area contributed by atoms with Crippen molar-refractivity contribution in [2.75, 3.05) is 38.2 Å². The van der Waals surface area contributed by atoms with Crippen molar-refractivity contribution >= 4 is 17.5 Å². The highest BCUT2D eigenvalue weighted by Crippen LogP contribution is 2.35. The summed E-state index contributed by atoms with van der Waals surface area (Å²) in [5.74, 6) is -0.435. The summed E-state index contributed by atoms with van der Waals surface area (Å²) in [7, 11) is 0. The SMILES string of the molecule is NC(=O)c1nn(CCCN2CCOCC2)c2c1CCCc1cnc(Nc3cccc(C(F)(F)F)c3)nc1-2. The van der Waals surface area contributed by atoms with Crippen LogP contribution in [0.25, 0.3) is 11.4 Å². The molecule has 0 unspecified atom stereocenters. The Morgan fingerprint density at radius 1 is 1.16 bits per heavy atom. The van der Waals surface area contributed by atoms with Gasteiger partial charge in [-0.2, -0.15) is 18.3 Å². The second kappa shape index (κ2) is 10.5. The Morgan fingerprint density at radius 2 is 1.97 bits per heavy atom. The van der Waals surface area contributed by atoms with Gasteiger partial charge in [0.05, 0.1) is 30.2 Å². The summed E-state index contributed by atoms with van der Waals surface area (Å²) < 4.78 is 46.7. The van der Waals surface area contributed by atoms with Gasteiger partial charge in [0.15, 0.2) is 5.69 Å². The molecule has 0 saturated carbocycles. The van der Waals surface area contributed by atoms with Crippen molar-refractivity contribution in [3.8, 4) is 11.4 Å². The second-order valence-electron chi connectivity index (χ2n) is 9.20. The van der Waals surface area contributed by atoms with Gasteiger partial charge in [0.1, 0.15) is 0 Å². The third-order valence-corrected chi connectivity index (χ3v) is 6.64. The molecule has 9 nitrogen and oxygen atoms in total. The van der Waals surface area contributed by atoms with Crippen molar-refractivity contribution < 1.29 is 22.7 Å². The quantitative estimate of drug-likeness (QED) is 0.496. The summed E-state index contributed by atoms with van der Waals surface area (Å²) in [6, 6.07) is 4.88. The van der Waals surface area contributed by atoms with E-state index in [4.69, 9.17) is 10.5 Å². The first-order valence-corrected chi connectivity index (χ1v) is 12.3. The molecule has 0 atom stereocenters. The van der Waals surface area contributed by atoms with Crippen molar-refractivity contribution in [3.63, 3.8) is 0 Å². The zero-order chi connectivity index (χ0) is 26.0. The van der Waals surface area contributed by atoms with Crippen LogP contribution in [0, 0.1) is 0 Å². The molecule has 5 rings (SSSR count). The van der Waals surface area contributed by atoms with Gasteiger partial charge in [0, 0.05) is 43.6 Å². The van der Waals surface area contributed by atoms with Crippen LogP contribution in [-0.2, 0) is 30.3 Å². The molecule has 1 saturated heterocycles. The van der Waals surface area contributed by atoms with E-state index in [1.807, 2.05) is 0 Å². The van der Waals surface area contributed by atoms with E-state index in [9.17, 15) is 18.0 Å². The second-order valence-corrected chi connectivity index (χ2v) is 9.20. The van der Waals surface area contributed by atoms with Crippen LogP contribution in [0.1, 0.15) is 40.0 Å². The molecule has 3 N–H and O–H groups in total. The predicted octanol–water partition coefficient (Wildman–Crippen LogP) is 3.41. The largest absolute Gasteiger partial charge is 0.416 e. The summed E-state index contributed by atoms with van der Waals surface area (Å²) in [5.41, 5.74) is 8.34. The first-order chi connectivity index (χ1) is 17.8. The number of anilines is 2. The van der Waals surface area contributed by atoms with E-state index in [0.29, 0.717) is 25.1 Å². The number of aromatic nitrogens is 4. The van der Waals surface area contributed by atoms with Crippen molar-refractivity contribution in [1.29, 1.82) is 0 Å². The number of alkyl halides is 3. The first kappa shape index (κ1) is 25.2. The maximum absolute atomic E-state index is 13.2. The topological polar surface area (TPSA) is 111 Å². The number of primary amides is 1. The maximum atomic E-state index is 13.2. The van der Waals surface area contributed by atoms with Crippen LogP contribution in [0.2, 0.25) is 0 Å². The van der Waals surface area contributed by atoms with Gasteiger partial charge in [0.25, 0.3) is 5.91 Å². The minimum atomic E-state index is -4.46. The van der Waals surface area contributed by atoms with E-state index >= 15 is 0 Å². The van der Waals surface area contributed by atoms with Crippen molar-refractivity contribution in [2.24, 2.45) is 5.73 Å². The lowest BCUT2D eigenvalue weighted by Crippen LogP contribution is -2.37. The standard InChI is InChI=1S/C25H28F3N7O2/c26-25(27,28)17-5-2-6-18(14-17)31-24-30-15-16-4-1-7-19-21(23(29)36)33-35(22(19)20(16)32-24)9-3-8-34-10-12-37-13-11-34/h2,5-6,14-15H,1,3-4,7-13H2,(H2,29,36)(H,30,31,32). The van der Waals surface area contributed by atoms with Gasteiger partial charge in [-0.1, -0.05) is 6.07 Å². The number of nitrogens with two attached hydrogens (primary N) is 1. The maximum Gasteiger partial charge on any atom is 0.416 e. The van der Waals surface area contributed by atoms with Crippen molar-refractivity contribution in [3.05, 3.63) is 52.8 Å². The number of halogens is 3. The molecule has 0 radical (unpaired) electrons. The minimum absolute atomic E-state index is 0.160. The number of aryl methyl sites for hydroxylation is 2. The van der Waals surface area contributed by atoms with Crippen LogP contribution in [0.4, 0.5) is 24.8 Å². The molecule has 2 aliphatic rings. The average molecular weight is 516 g/mol. The molecule has 0 spiro atoms. The fourth-order valence-corrected chi connectivity index (χ4v) is 4.84. The summed E-state index contributed by atoms with van der Waals surface area (Å²) in [6.07, 6.45) is 0.109. The Bertz CT molecular complexity index is 1290. The number of carbonyl (C=O) groups is 1. The Labute approximate surface area is 211 Å². The van der Waals surface area contributed by atoms with E-state index in [-0.39, 0.29) is 17.3 Å². The van der Waals surface area contributed by atoms with Crippen LogP contribution in [0.3, 0.4) is 0 Å². The monoisotopic (exact) mass is 515 g/mol. The van der Waals surface area contributed by atoms with Crippen LogP contribution >= 0.6 is 0 Å². The molecule has 1 aliphatic carbocycles. The average Bonchev–Trinajstić information content (AvgIpc) is 3.13. The van der Waals surface area contributed by atoms with E-state index in [2.05, 4.69) is 25.3 Å². The Balaban J connectivity index is 1.46. The highest BCUT2D eigenvalue weighted by atomic mass is 19.4. The lowest BCUT2D eigenvalue weighted by molar-refractivity contribution is -0.137. The summed E-state index contributed by atoms with van der Waals surface area (Å²) in [5, 5.41) is 7.45. The fourth-order valence-electron chi connectivity index (χ4n) is 4.84. The number of hydrogen-bond donors (Lipinski definition) is 2. The molecular weight excluding hydrogens is 487 g/mol. The Morgan fingerprint density at radius 3 is 2.73 bits per heavy atom. The third-order valence-electron chi connectivity index (χ3n) is 6.64. The number of nitrogens with one attached hydrogen (secondary N) is 1. The number of ether oxygens (including phenoxy) is 1. The molecular formula is C25H28F3N7O2. The van der Waals surface area contributed by atoms with Crippen molar-refractivity contribution in [1.82, 2.24) is 24.6 Å². The first-order valence-electron chi connectivity index (χ1n) is 12.3. The summed E-state index contributed by atoms with van der Waals surface area (Å²) in [6.45, 7) is 4.62. The molecule has 12 heteroatoms. The normalized spacial score (nSPS) is 16.1. The van der Waals surface area contributed by atoms with Gasteiger partial charge in [-0.3, -0.25) is 14.4 Å². The van der Waals surface area contributed by atoms with Gasteiger partial charge >= 0.3 is 6.18 Å². The smallest absolute Gasteiger partial charge is 0.379 e. The number of amides is 1. The summed E-state index contributed by atoms with van der Waals surface area (Å²) >= 11 is 0. The van der Waals surface area contributed by atoms with Gasteiger partial charge in [-0.15, -0.1) is 0 Å². The van der Waals surface area contributed by atoms with Gasteiger partial charge in [-0.05, 0) is 49.4 Å². The minimum Gasteiger partial charge on any atom is -0.379 e. The van der Waals surface area contributed by atoms with Crippen molar-refractivity contribution in [2.45, 2.75) is 38.4 Å². The fraction of sp³-hybridized carbons (Fsp3) is 0.440. The molecule has 1 aliphatic heterocycles. The van der Waals surface area contributed by atoms with E-state index < -0.39 is 17.6 Å². The van der Waals surface area contributed by atoms with Crippen LogP contribution in [0.5, 0.6) is 0 Å². The molecule has 1 amide bonds. The molecule has 37 heavy (non-hydrogen) atoms. The van der Waals surface area contributed by atoms with Gasteiger partial charge < -0.3 is 15.8 Å². The molecule has 1 aromatic carbocycles. The van der Waals surface area contributed by atoms with E-state index in [1.54, 1.807) is 10.9 Å². The summed E-state index contributed by atoms with van der Waals surface area (Å²) in [4.78, 5) is 23.6. The predicted molar refractivity (Wildman–Crippen MR) is 130 cm³/mol. The number of carbonyl (C=O) groups excluding carboxylic acids is 1. The third kappa shape index (κ3) is 5.59. The highest BCUT2D eigenvalue weighted by molar-refractivity contribution is 5.94. The number of hydrogen-bond acceptors (Lipinski definition) is 7. The lowest BCUT2D eigenvalue weighted by Gasteiger charge is -2.26. The lowest BCUT2D eigenvalue weighted by atomic mass is 10.1. The number of morpholine rings is 1. The molecule has 0 bridgehead atoms. The number of nitrogens with zero attached hydrogens (tertiary/aromatic N) is 5. The molecule has 3 heterocycles. The number of fused-ring (bicyclic) bond motifs is 3. The van der Waals surface area contributed by atoms with Crippen LogP contribution in [0.15, 0.2) is 30.5 Å². The molecule has 3 aromatic rings. The zero-order valence-electron chi connectivity index (χ0n) is 20.2. The van der Waals surface area contributed by atoms with E-state index in [0.717, 1.165) is 74.6 Å². The highest BCUT2D eigenvalue weighted by Gasteiger charge is 2.31. The zero-order valence-corrected chi connectivity index (χ0v) is 20.2. The molecule has 1 fully saturated rings. The molecule has 2 aromatic heterocycles. The number of rotatable bonds is 7. The molecule has 196 valence electrons. The van der Waals surface area contributed by atoms with E-state index in [1.165, 1.54) is 12.1 Å². The van der Waals surface area contributed by atoms with Crippen LogP contribution < -0.4 is 11.1 Å².